The van der Waals surface area contributed by atoms with Crippen LogP contribution >= 0.6 is 0 Å². The zero-order valence-electron chi connectivity index (χ0n) is 27.8. The number of fused-ring (bicyclic) bond motifs is 4. The lowest BCUT2D eigenvalue weighted by atomic mass is 9.42. The van der Waals surface area contributed by atoms with Crippen LogP contribution in [0.5, 0.6) is 5.75 Å². The lowest BCUT2D eigenvalue weighted by molar-refractivity contribution is -0.271. The Bertz CT molecular complexity index is 1550. The molecule has 0 bridgehead atoms. The van der Waals surface area contributed by atoms with Crippen LogP contribution in [0.15, 0.2) is 39.8 Å². The van der Waals surface area contributed by atoms with Gasteiger partial charge >= 0.3 is 23.5 Å². The highest BCUT2D eigenvalue weighted by Crippen LogP contribution is 2.67. The number of aromatic nitrogens is 1. The van der Waals surface area contributed by atoms with Crippen LogP contribution in [0.25, 0.3) is 11.3 Å². The molecule has 0 radical (unpaired) electrons. The first kappa shape index (κ1) is 33.6. The summed E-state index contributed by atoms with van der Waals surface area (Å²) in [5.41, 5.74) is -3.15. The molecule has 2 saturated carbocycles. The molecule has 0 amide bonds. The molecule has 1 aliphatic heterocycles. The summed E-state index contributed by atoms with van der Waals surface area (Å²) in [4.78, 5) is 55.9. The fourth-order valence-electron chi connectivity index (χ4n) is 8.25. The highest BCUT2D eigenvalue weighted by atomic mass is 16.6. The van der Waals surface area contributed by atoms with E-state index in [1.807, 2.05) is 13.8 Å². The van der Waals surface area contributed by atoms with E-state index < -0.39 is 64.1 Å². The topological polar surface area (TPSA) is 151 Å². The molecule has 2 aliphatic carbocycles. The molecule has 0 spiro atoms. The van der Waals surface area contributed by atoms with E-state index in [4.69, 9.17) is 23.4 Å². The van der Waals surface area contributed by atoms with Gasteiger partial charge in [-0.25, -0.2) is 4.79 Å². The van der Waals surface area contributed by atoms with E-state index in [2.05, 4.69) is 4.98 Å². The van der Waals surface area contributed by atoms with Crippen molar-refractivity contribution in [2.45, 2.75) is 98.6 Å². The molecule has 11 heteroatoms. The van der Waals surface area contributed by atoms with Crippen molar-refractivity contribution in [1.29, 1.82) is 0 Å². The summed E-state index contributed by atoms with van der Waals surface area (Å²) in [6, 6.07) is 5.02. The van der Waals surface area contributed by atoms with Crippen LogP contribution in [0.3, 0.4) is 0 Å². The second-order valence-corrected chi connectivity index (χ2v) is 14.4. The number of hydrogen-bond acceptors (Lipinski definition) is 11. The molecule has 11 nitrogen and oxygen atoms in total. The van der Waals surface area contributed by atoms with Crippen molar-refractivity contribution < 1.29 is 42.9 Å². The summed E-state index contributed by atoms with van der Waals surface area (Å²) in [7, 11) is 0. The predicted octanol–water partition coefficient (Wildman–Crippen LogP) is 5.03. The number of carbonyl (C=O) groups is 3. The molecule has 0 aromatic carbocycles. The average molecular weight is 640 g/mol. The van der Waals surface area contributed by atoms with E-state index in [1.54, 1.807) is 65.2 Å². The van der Waals surface area contributed by atoms with Crippen LogP contribution in [0.1, 0.15) is 86.3 Å². The Labute approximate surface area is 269 Å². The summed E-state index contributed by atoms with van der Waals surface area (Å²) >= 11 is 0. The lowest BCUT2D eigenvalue weighted by Gasteiger charge is -2.66. The highest BCUT2D eigenvalue weighted by Gasteiger charge is 2.71. The maximum absolute atomic E-state index is 13.5. The van der Waals surface area contributed by atoms with E-state index in [9.17, 15) is 24.3 Å². The fourth-order valence-corrected chi connectivity index (χ4v) is 8.25. The van der Waals surface area contributed by atoms with Crippen molar-refractivity contribution in [3.05, 3.63) is 46.6 Å². The van der Waals surface area contributed by atoms with Gasteiger partial charge in [-0.1, -0.05) is 41.5 Å². The SMILES string of the molecule is CC(=O)O[C@H]1C[C@H]2[C@](C)(COC(=O)C(C)C)[C@@H](OC(=O)C(C)C)CC[C@]2(C)[C@H]2[C@@H](O)c3c(cc(-c4cccnc4)oc3=O)O[C@]12C. The number of hydrogen-bond donors (Lipinski definition) is 1. The van der Waals surface area contributed by atoms with Crippen molar-refractivity contribution in [2.24, 2.45) is 34.5 Å². The number of rotatable bonds is 7. The van der Waals surface area contributed by atoms with Gasteiger partial charge in [-0.2, -0.15) is 0 Å². The Hall–Kier alpha value is -3.73. The zero-order valence-corrected chi connectivity index (χ0v) is 27.8. The van der Waals surface area contributed by atoms with E-state index in [1.165, 1.54) is 6.92 Å². The molecule has 2 fully saturated rings. The van der Waals surface area contributed by atoms with Gasteiger partial charge in [0, 0.05) is 42.3 Å². The molecule has 0 unspecified atom stereocenters. The first-order valence-electron chi connectivity index (χ1n) is 16.0. The quantitative estimate of drug-likeness (QED) is 0.321. The third-order valence-electron chi connectivity index (χ3n) is 10.6. The Kier molecular flexibility index (Phi) is 8.87. The van der Waals surface area contributed by atoms with Gasteiger partial charge in [0.2, 0.25) is 0 Å². The van der Waals surface area contributed by atoms with Gasteiger partial charge in [-0.3, -0.25) is 19.4 Å². The van der Waals surface area contributed by atoms with Crippen molar-refractivity contribution >= 4 is 17.9 Å². The summed E-state index contributed by atoms with van der Waals surface area (Å²) in [5, 5.41) is 12.2. The summed E-state index contributed by atoms with van der Waals surface area (Å²) in [5.74, 6) is -2.84. The molecular weight excluding hydrogens is 594 g/mol. The molecule has 8 atom stereocenters. The first-order valence-corrected chi connectivity index (χ1v) is 16.0. The maximum Gasteiger partial charge on any atom is 0.345 e. The van der Waals surface area contributed by atoms with Crippen LogP contribution in [-0.2, 0) is 28.6 Å². The number of pyridine rings is 1. The second kappa shape index (κ2) is 12.1. The average Bonchev–Trinajstić information content (AvgIpc) is 2.98. The summed E-state index contributed by atoms with van der Waals surface area (Å²) in [6.45, 7) is 14.0. The standard InChI is InChI=1S/C35H45NO10/c1-18(2)30(39)42-17-34(7)24-15-26(43-20(5)37)35(8)29(33(24,6)12-11-25(34)45-31(40)19(3)4)28(38)27-23(46-35)14-22(44-32(27)41)21-10-9-13-36-16-21/h9-10,13-14,16,18-19,24-26,28-29,38H,11-12,15,17H2,1-8H3/t24-,25+,26+,28+,29-,33+,34+,35-/m1/s1. The fraction of sp³-hybridized carbons (Fsp3) is 0.629. The van der Waals surface area contributed by atoms with Crippen molar-refractivity contribution in [1.82, 2.24) is 4.98 Å². The molecule has 3 aliphatic rings. The molecule has 0 saturated heterocycles. The minimum Gasteiger partial charge on any atom is -0.482 e. The van der Waals surface area contributed by atoms with Crippen LogP contribution in [0.2, 0.25) is 0 Å². The third-order valence-corrected chi connectivity index (χ3v) is 10.6. The van der Waals surface area contributed by atoms with Gasteiger partial charge in [0.25, 0.3) is 0 Å². The minimum atomic E-state index is -1.35. The third kappa shape index (κ3) is 5.60. The maximum atomic E-state index is 13.5. The molecule has 5 rings (SSSR count). The highest BCUT2D eigenvalue weighted by molar-refractivity contribution is 5.72. The second-order valence-electron chi connectivity index (χ2n) is 14.4. The predicted molar refractivity (Wildman–Crippen MR) is 165 cm³/mol. The molecule has 2 aromatic heterocycles. The Balaban J connectivity index is 1.64. The number of carbonyl (C=O) groups excluding carboxylic acids is 3. The Morgan fingerprint density at radius 2 is 1.76 bits per heavy atom. The van der Waals surface area contributed by atoms with E-state index in [0.29, 0.717) is 18.4 Å². The number of aliphatic hydroxyl groups is 1. The monoisotopic (exact) mass is 639 g/mol. The van der Waals surface area contributed by atoms with E-state index in [-0.39, 0.29) is 47.9 Å². The summed E-state index contributed by atoms with van der Waals surface area (Å²) in [6.07, 6.45) is 1.49. The van der Waals surface area contributed by atoms with Gasteiger partial charge in [-0.05, 0) is 49.7 Å². The molecule has 250 valence electrons. The normalized spacial score (nSPS) is 33.2. The minimum absolute atomic E-state index is 0.0140. The van der Waals surface area contributed by atoms with Gasteiger partial charge in [0.15, 0.2) is 0 Å². The number of aliphatic hydroxyl groups excluding tert-OH is 1. The van der Waals surface area contributed by atoms with Crippen molar-refractivity contribution in [2.75, 3.05) is 6.61 Å². The van der Waals surface area contributed by atoms with Gasteiger partial charge in [0.05, 0.1) is 17.9 Å². The van der Waals surface area contributed by atoms with Gasteiger partial charge in [-0.15, -0.1) is 0 Å². The van der Waals surface area contributed by atoms with E-state index >= 15 is 0 Å². The summed E-state index contributed by atoms with van der Waals surface area (Å²) < 4.78 is 30.3. The Morgan fingerprint density at radius 3 is 2.37 bits per heavy atom. The van der Waals surface area contributed by atoms with Gasteiger partial charge in [0.1, 0.15) is 41.5 Å². The first-order chi connectivity index (χ1) is 21.5. The molecule has 46 heavy (non-hydrogen) atoms. The Morgan fingerprint density at radius 1 is 1.07 bits per heavy atom. The van der Waals surface area contributed by atoms with Crippen molar-refractivity contribution in [3.63, 3.8) is 0 Å². The lowest BCUT2D eigenvalue weighted by Crippen LogP contribution is -2.71. The van der Waals surface area contributed by atoms with E-state index in [0.717, 1.165) is 0 Å². The smallest absolute Gasteiger partial charge is 0.345 e. The largest absolute Gasteiger partial charge is 0.482 e. The molecule has 1 N–H and O–H groups in total. The zero-order chi connectivity index (χ0) is 33.8. The number of ether oxygens (including phenoxy) is 4. The van der Waals surface area contributed by atoms with Crippen molar-refractivity contribution in [3.8, 4) is 17.1 Å². The van der Waals surface area contributed by atoms with Crippen LogP contribution < -0.4 is 10.4 Å². The van der Waals surface area contributed by atoms with Crippen LogP contribution in [0.4, 0.5) is 0 Å². The molecular formula is C35H45NO10. The number of nitrogens with zero attached hydrogens (tertiary/aromatic N) is 1. The molecule has 2 aromatic rings. The van der Waals surface area contributed by atoms with Crippen LogP contribution in [0, 0.1) is 34.5 Å². The van der Waals surface area contributed by atoms with Gasteiger partial charge < -0.3 is 28.5 Å². The number of esters is 3. The molecule has 3 heterocycles. The van der Waals surface area contributed by atoms with Crippen LogP contribution in [-0.4, -0.2) is 52.4 Å².